The summed E-state index contributed by atoms with van der Waals surface area (Å²) in [6, 6.07) is 6.01. The Balaban J connectivity index is 1.90. The lowest BCUT2D eigenvalue weighted by atomic mass is 10.2. The molecule has 0 bridgehead atoms. The fraction of sp³-hybridized carbons (Fsp3) is 0.308. The van der Waals surface area contributed by atoms with Gasteiger partial charge in [0.1, 0.15) is 0 Å². The average molecular weight is 265 g/mol. The van der Waals surface area contributed by atoms with Crippen LogP contribution in [0.15, 0.2) is 29.0 Å². The average Bonchev–Trinajstić information content (AvgIpc) is 2.89. The highest BCUT2D eigenvalue weighted by Crippen LogP contribution is 2.16. The summed E-state index contributed by atoms with van der Waals surface area (Å²) in [5.74, 6) is 0.209. The molecule has 17 heavy (non-hydrogen) atoms. The highest BCUT2D eigenvalue weighted by atomic mass is 32.1. The highest BCUT2D eigenvalue weighted by molar-refractivity contribution is 7.14. The van der Waals surface area contributed by atoms with Gasteiger partial charge in [-0.25, -0.2) is 0 Å². The molecular formula is C13H15NOS2. The van der Waals surface area contributed by atoms with Crippen LogP contribution in [0.2, 0.25) is 0 Å². The van der Waals surface area contributed by atoms with Crippen LogP contribution < -0.4 is 0 Å². The van der Waals surface area contributed by atoms with Crippen molar-refractivity contribution in [2.24, 2.45) is 0 Å². The van der Waals surface area contributed by atoms with Gasteiger partial charge in [0.25, 0.3) is 0 Å². The summed E-state index contributed by atoms with van der Waals surface area (Å²) in [4.78, 5) is 16.1. The quantitative estimate of drug-likeness (QED) is 0.772. The van der Waals surface area contributed by atoms with Crippen molar-refractivity contribution in [3.63, 3.8) is 0 Å². The van der Waals surface area contributed by atoms with Crippen LogP contribution in [0.5, 0.6) is 0 Å². The molecule has 2 aromatic rings. The zero-order chi connectivity index (χ0) is 12.3. The lowest BCUT2D eigenvalue weighted by molar-refractivity contribution is 0.0947. The Morgan fingerprint density at radius 1 is 1.35 bits per heavy atom. The molecule has 2 aromatic heterocycles. The molecule has 0 saturated heterocycles. The molecule has 4 heteroatoms. The van der Waals surface area contributed by atoms with E-state index in [1.165, 1.54) is 10.4 Å². The molecule has 0 saturated carbocycles. The fourth-order valence-corrected chi connectivity index (χ4v) is 3.11. The maximum absolute atomic E-state index is 12.0. The lowest BCUT2D eigenvalue weighted by Crippen LogP contribution is -2.24. The molecule has 0 aromatic carbocycles. The third-order valence-corrected chi connectivity index (χ3v) is 4.24. The number of ketones is 1. The molecule has 0 aliphatic carbocycles. The van der Waals surface area contributed by atoms with Gasteiger partial charge in [0.15, 0.2) is 5.78 Å². The van der Waals surface area contributed by atoms with Crippen molar-refractivity contribution in [2.75, 3.05) is 13.6 Å². The van der Waals surface area contributed by atoms with Crippen LogP contribution in [0, 0.1) is 6.92 Å². The second-order valence-corrected chi connectivity index (χ2v) is 6.21. The summed E-state index contributed by atoms with van der Waals surface area (Å²) in [6.45, 7) is 3.34. The Bertz CT molecular complexity index is 487. The summed E-state index contributed by atoms with van der Waals surface area (Å²) >= 11 is 3.26. The maximum atomic E-state index is 12.0. The van der Waals surface area contributed by atoms with E-state index in [4.69, 9.17) is 0 Å². The number of rotatable bonds is 5. The first kappa shape index (κ1) is 12.5. The van der Waals surface area contributed by atoms with Crippen molar-refractivity contribution in [3.8, 4) is 0 Å². The zero-order valence-electron chi connectivity index (χ0n) is 9.97. The van der Waals surface area contributed by atoms with Gasteiger partial charge in [0.05, 0.1) is 11.4 Å². The Kier molecular flexibility index (Phi) is 4.10. The molecule has 0 fully saturated rings. The van der Waals surface area contributed by atoms with Crippen molar-refractivity contribution in [1.82, 2.24) is 4.90 Å². The number of likely N-dealkylation sites (N-methyl/N-ethyl adjacent to an activating group) is 1. The van der Waals surface area contributed by atoms with Crippen LogP contribution in [0.1, 0.15) is 20.1 Å². The first-order chi connectivity index (χ1) is 8.15. The van der Waals surface area contributed by atoms with Crippen LogP contribution >= 0.6 is 22.7 Å². The molecule has 2 heterocycles. The number of thiophene rings is 2. The summed E-state index contributed by atoms with van der Waals surface area (Å²) in [6.07, 6.45) is 0. The summed E-state index contributed by atoms with van der Waals surface area (Å²) in [5.41, 5.74) is 1.27. The predicted molar refractivity (Wildman–Crippen MR) is 74.0 cm³/mol. The molecule has 0 aliphatic rings. The molecule has 0 aliphatic heterocycles. The van der Waals surface area contributed by atoms with Gasteiger partial charge >= 0.3 is 0 Å². The number of carbonyl (C=O) groups is 1. The second kappa shape index (κ2) is 5.58. The molecular weight excluding hydrogens is 250 g/mol. The minimum absolute atomic E-state index is 0.209. The number of nitrogens with zero attached hydrogens (tertiary/aromatic N) is 1. The monoisotopic (exact) mass is 265 g/mol. The Morgan fingerprint density at radius 3 is 2.76 bits per heavy atom. The van der Waals surface area contributed by atoms with Gasteiger partial charge < -0.3 is 0 Å². The van der Waals surface area contributed by atoms with E-state index in [0.29, 0.717) is 6.54 Å². The van der Waals surface area contributed by atoms with Crippen molar-refractivity contribution < 1.29 is 4.79 Å². The van der Waals surface area contributed by atoms with Gasteiger partial charge in [-0.05, 0) is 48.5 Å². The first-order valence-electron chi connectivity index (χ1n) is 5.44. The molecule has 0 unspecified atom stereocenters. The van der Waals surface area contributed by atoms with Crippen molar-refractivity contribution >= 4 is 28.5 Å². The highest BCUT2D eigenvalue weighted by Gasteiger charge is 2.11. The largest absolute Gasteiger partial charge is 0.295 e. The third kappa shape index (κ3) is 3.49. The van der Waals surface area contributed by atoms with Gasteiger partial charge in [0, 0.05) is 11.4 Å². The van der Waals surface area contributed by atoms with Gasteiger partial charge in [-0.2, -0.15) is 11.3 Å². The zero-order valence-corrected chi connectivity index (χ0v) is 11.6. The molecule has 90 valence electrons. The summed E-state index contributed by atoms with van der Waals surface area (Å²) < 4.78 is 0. The van der Waals surface area contributed by atoms with Crippen molar-refractivity contribution in [2.45, 2.75) is 13.5 Å². The SMILES string of the molecule is Cc1ccc(C(=O)CN(C)Cc2ccsc2)s1. The molecule has 0 atom stereocenters. The van der Waals surface area contributed by atoms with E-state index in [0.717, 1.165) is 11.4 Å². The number of carbonyl (C=O) groups excluding carboxylic acids is 1. The van der Waals surface area contributed by atoms with Crippen LogP contribution in [0.3, 0.4) is 0 Å². The van der Waals surface area contributed by atoms with Crippen molar-refractivity contribution in [1.29, 1.82) is 0 Å². The topological polar surface area (TPSA) is 20.3 Å². The minimum Gasteiger partial charge on any atom is -0.295 e. The Labute approximate surface area is 110 Å². The van der Waals surface area contributed by atoms with Crippen LogP contribution in [0.25, 0.3) is 0 Å². The summed E-state index contributed by atoms with van der Waals surface area (Å²) in [7, 11) is 1.98. The van der Waals surface area contributed by atoms with Crippen molar-refractivity contribution in [3.05, 3.63) is 44.3 Å². The van der Waals surface area contributed by atoms with E-state index >= 15 is 0 Å². The normalized spacial score (nSPS) is 11.0. The number of Topliss-reactive ketones (excluding diaryl/α,β-unsaturated/α-hetero) is 1. The molecule has 2 rings (SSSR count). The van der Waals surface area contributed by atoms with E-state index in [1.807, 2.05) is 26.1 Å². The predicted octanol–water partition coefficient (Wildman–Crippen LogP) is 3.43. The van der Waals surface area contributed by atoms with E-state index < -0.39 is 0 Å². The van der Waals surface area contributed by atoms with E-state index in [1.54, 1.807) is 22.7 Å². The first-order valence-corrected chi connectivity index (χ1v) is 7.20. The number of hydrogen-bond acceptors (Lipinski definition) is 4. The van der Waals surface area contributed by atoms with Gasteiger partial charge in [-0.1, -0.05) is 0 Å². The molecule has 0 N–H and O–H groups in total. The Hall–Kier alpha value is -0.970. The van der Waals surface area contributed by atoms with Crippen LogP contribution in [-0.4, -0.2) is 24.3 Å². The smallest absolute Gasteiger partial charge is 0.186 e. The van der Waals surface area contributed by atoms with E-state index in [-0.39, 0.29) is 5.78 Å². The molecule has 0 amide bonds. The van der Waals surface area contributed by atoms with Gasteiger partial charge in [-0.15, -0.1) is 11.3 Å². The fourth-order valence-electron chi connectivity index (χ4n) is 1.66. The second-order valence-electron chi connectivity index (χ2n) is 4.14. The molecule has 2 nitrogen and oxygen atoms in total. The van der Waals surface area contributed by atoms with Crippen LogP contribution in [-0.2, 0) is 6.54 Å². The van der Waals surface area contributed by atoms with Crippen LogP contribution in [0.4, 0.5) is 0 Å². The molecule has 0 spiro atoms. The maximum Gasteiger partial charge on any atom is 0.186 e. The van der Waals surface area contributed by atoms with E-state index in [2.05, 4.69) is 21.7 Å². The minimum atomic E-state index is 0.209. The summed E-state index contributed by atoms with van der Waals surface area (Å²) in [5, 5.41) is 4.18. The number of hydrogen-bond donors (Lipinski definition) is 0. The third-order valence-electron chi connectivity index (χ3n) is 2.46. The van der Waals surface area contributed by atoms with E-state index in [9.17, 15) is 4.79 Å². The Morgan fingerprint density at radius 2 is 2.18 bits per heavy atom. The molecule has 0 radical (unpaired) electrons. The lowest BCUT2D eigenvalue weighted by Gasteiger charge is -2.14. The van der Waals surface area contributed by atoms with Gasteiger partial charge in [0.2, 0.25) is 0 Å². The van der Waals surface area contributed by atoms with Gasteiger partial charge in [-0.3, -0.25) is 9.69 Å². The standard InChI is InChI=1S/C13H15NOS2/c1-10-3-4-13(17-10)12(15)8-14(2)7-11-5-6-16-9-11/h3-6,9H,7-8H2,1-2H3. The number of aryl methyl sites for hydroxylation is 1.